The molecule has 0 fully saturated rings. The quantitative estimate of drug-likeness (QED) is 0.745. The summed E-state index contributed by atoms with van der Waals surface area (Å²) in [5, 5.41) is 11.4. The largest absolute Gasteiger partial charge is 0.333 e. The van der Waals surface area contributed by atoms with Crippen LogP contribution in [0.15, 0.2) is 17.9 Å². The van der Waals surface area contributed by atoms with Crippen LogP contribution in [-0.4, -0.2) is 20.0 Å². The minimum Gasteiger partial charge on any atom is -0.211 e. The topological polar surface area (TPSA) is 43.6 Å². The molecule has 0 spiro atoms. The molecule has 7 heteroatoms. The van der Waals surface area contributed by atoms with Crippen LogP contribution in [0.1, 0.15) is 6.55 Å². The molecule has 4 nitrogen and oxygen atoms in total. The fraction of sp³-hybridized carbons (Fsp3) is 0.167. The average molecular weight is 202 g/mol. The summed E-state index contributed by atoms with van der Waals surface area (Å²) in [5.74, 6) is 0. The van der Waals surface area contributed by atoms with E-state index in [1.54, 1.807) is 0 Å². The van der Waals surface area contributed by atoms with Crippen molar-refractivity contribution in [1.29, 1.82) is 0 Å². The van der Waals surface area contributed by atoms with Gasteiger partial charge in [-0.05, 0) is 0 Å². The van der Waals surface area contributed by atoms with Crippen molar-refractivity contribution < 1.29 is 8.78 Å². The van der Waals surface area contributed by atoms with E-state index in [-0.39, 0.29) is 0 Å². The molecule has 2 heterocycles. The van der Waals surface area contributed by atoms with E-state index in [4.69, 9.17) is 0 Å². The van der Waals surface area contributed by atoms with Gasteiger partial charge in [0.2, 0.25) is 0 Å². The smallest absolute Gasteiger partial charge is 0.211 e. The summed E-state index contributed by atoms with van der Waals surface area (Å²) in [4.78, 5) is 0. The van der Waals surface area contributed by atoms with Crippen LogP contribution < -0.4 is 0 Å². The molecule has 0 amide bonds. The molecule has 0 atom stereocenters. The van der Waals surface area contributed by atoms with Gasteiger partial charge in [0, 0.05) is 6.20 Å². The fourth-order valence-electron chi connectivity index (χ4n) is 0.854. The van der Waals surface area contributed by atoms with E-state index in [0.717, 1.165) is 0 Å². The Morgan fingerprint density at radius 1 is 1.46 bits per heavy atom. The second-order valence-corrected chi connectivity index (χ2v) is 3.06. The van der Waals surface area contributed by atoms with Crippen LogP contribution in [0.5, 0.6) is 0 Å². The number of hydrogen-bond acceptors (Lipinski definition) is 4. The predicted octanol–water partition coefficient (Wildman–Crippen LogP) is 1.80. The van der Waals surface area contributed by atoms with Gasteiger partial charge >= 0.3 is 6.55 Å². The lowest BCUT2D eigenvalue weighted by atomic mass is 10.4. The van der Waals surface area contributed by atoms with Crippen LogP contribution >= 0.6 is 11.3 Å². The highest BCUT2D eigenvalue weighted by Crippen LogP contribution is 2.21. The maximum Gasteiger partial charge on any atom is 0.333 e. The Kier molecular flexibility index (Phi) is 2.01. The monoisotopic (exact) mass is 202 g/mol. The molecule has 0 saturated heterocycles. The van der Waals surface area contributed by atoms with Crippen molar-refractivity contribution in [1.82, 2.24) is 20.0 Å². The molecule has 0 aromatic carbocycles. The summed E-state index contributed by atoms with van der Waals surface area (Å²) >= 11 is 1.28. The first-order valence-electron chi connectivity index (χ1n) is 3.36. The number of alkyl halides is 2. The normalized spacial score (nSPS) is 11.0. The minimum atomic E-state index is -2.61. The molecule has 0 aliphatic rings. The van der Waals surface area contributed by atoms with Crippen molar-refractivity contribution in [2.45, 2.75) is 6.55 Å². The van der Waals surface area contributed by atoms with Gasteiger partial charge in [-0.1, -0.05) is 11.3 Å². The molecular weight excluding hydrogens is 198 g/mol. The van der Waals surface area contributed by atoms with Crippen molar-refractivity contribution >= 4 is 11.3 Å². The molecule has 0 bridgehead atoms. The first kappa shape index (κ1) is 8.24. The summed E-state index contributed by atoms with van der Waals surface area (Å²) in [6.45, 7) is -2.61. The lowest BCUT2D eigenvalue weighted by molar-refractivity contribution is 0.0566. The van der Waals surface area contributed by atoms with Crippen molar-refractivity contribution in [2.24, 2.45) is 0 Å². The molecule has 0 aliphatic carbocycles. The van der Waals surface area contributed by atoms with Crippen molar-refractivity contribution in [2.75, 3.05) is 0 Å². The first-order chi connectivity index (χ1) is 6.27. The van der Waals surface area contributed by atoms with E-state index in [1.807, 2.05) is 0 Å². The minimum absolute atomic E-state index is 0.558. The fourth-order valence-corrected chi connectivity index (χ4v) is 1.38. The SMILES string of the molecule is FC(F)n1cc(-c2nncs2)cn1. The highest BCUT2D eigenvalue weighted by Gasteiger charge is 2.09. The summed E-state index contributed by atoms with van der Waals surface area (Å²) in [5.41, 5.74) is 2.09. The van der Waals surface area contributed by atoms with Crippen molar-refractivity contribution in [3.8, 4) is 10.6 Å². The summed E-state index contributed by atoms with van der Waals surface area (Å²) in [6.07, 6.45) is 2.58. The van der Waals surface area contributed by atoms with Crippen LogP contribution in [0.25, 0.3) is 10.6 Å². The molecular formula is C6H4F2N4S. The second kappa shape index (κ2) is 3.17. The number of hydrogen-bond donors (Lipinski definition) is 0. The van der Waals surface area contributed by atoms with Crippen LogP contribution in [-0.2, 0) is 0 Å². The lowest BCUT2D eigenvalue weighted by Crippen LogP contribution is -1.96. The van der Waals surface area contributed by atoms with Crippen molar-refractivity contribution in [3.05, 3.63) is 17.9 Å². The zero-order chi connectivity index (χ0) is 9.26. The molecule has 2 aromatic heterocycles. The van der Waals surface area contributed by atoms with Gasteiger partial charge in [0.1, 0.15) is 5.51 Å². The molecule has 0 saturated carbocycles. The molecule has 0 radical (unpaired) electrons. The third-order valence-electron chi connectivity index (χ3n) is 1.41. The summed E-state index contributed by atoms with van der Waals surface area (Å²) in [6, 6.07) is 0. The third kappa shape index (κ3) is 1.55. The molecule has 0 aliphatic heterocycles. The Morgan fingerprint density at radius 2 is 2.31 bits per heavy atom. The van der Waals surface area contributed by atoms with E-state index in [2.05, 4.69) is 15.3 Å². The summed E-state index contributed by atoms with van der Waals surface area (Å²) < 4.78 is 24.8. The molecule has 68 valence electrons. The first-order valence-corrected chi connectivity index (χ1v) is 4.24. The van der Waals surface area contributed by atoms with Crippen LogP contribution in [0, 0.1) is 0 Å². The second-order valence-electron chi connectivity index (χ2n) is 2.23. The highest BCUT2D eigenvalue weighted by molar-refractivity contribution is 7.12. The number of nitrogens with zero attached hydrogens (tertiary/aromatic N) is 4. The number of halogens is 2. The predicted molar refractivity (Wildman–Crippen MR) is 42.4 cm³/mol. The van der Waals surface area contributed by atoms with E-state index in [1.165, 1.54) is 29.2 Å². The average Bonchev–Trinajstić information content (AvgIpc) is 2.75. The lowest BCUT2D eigenvalue weighted by Gasteiger charge is -1.94. The Balaban J connectivity index is 2.33. The maximum absolute atomic E-state index is 12.1. The van der Waals surface area contributed by atoms with Gasteiger partial charge in [0.25, 0.3) is 0 Å². The Morgan fingerprint density at radius 3 is 2.85 bits per heavy atom. The van der Waals surface area contributed by atoms with Crippen molar-refractivity contribution in [3.63, 3.8) is 0 Å². The van der Waals surface area contributed by atoms with Gasteiger partial charge in [-0.25, -0.2) is 4.68 Å². The zero-order valence-electron chi connectivity index (χ0n) is 6.26. The molecule has 13 heavy (non-hydrogen) atoms. The van der Waals surface area contributed by atoms with E-state index in [0.29, 0.717) is 15.3 Å². The van der Waals surface area contributed by atoms with Gasteiger partial charge in [0.05, 0.1) is 11.8 Å². The zero-order valence-corrected chi connectivity index (χ0v) is 7.08. The van der Waals surface area contributed by atoms with E-state index < -0.39 is 6.55 Å². The van der Waals surface area contributed by atoms with Gasteiger partial charge in [0.15, 0.2) is 5.01 Å². The molecule has 2 aromatic rings. The Hall–Kier alpha value is -1.37. The molecule has 0 N–H and O–H groups in total. The molecule has 0 unspecified atom stereocenters. The van der Waals surface area contributed by atoms with Gasteiger partial charge in [-0.15, -0.1) is 10.2 Å². The third-order valence-corrected chi connectivity index (χ3v) is 2.15. The Bertz CT molecular complexity index is 383. The standard InChI is InChI=1S/C6H4F2N4S/c7-6(8)12-2-4(1-10-12)5-11-9-3-13-5/h1-3,6H. The van der Waals surface area contributed by atoms with Crippen LogP contribution in [0.2, 0.25) is 0 Å². The Labute approximate surface area is 75.8 Å². The number of aromatic nitrogens is 4. The maximum atomic E-state index is 12.1. The van der Waals surface area contributed by atoms with Crippen LogP contribution in [0.4, 0.5) is 8.78 Å². The van der Waals surface area contributed by atoms with E-state index >= 15 is 0 Å². The highest BCUT2D eigenvalue weighted by atomic mass is 32.1. The van der Waals surface area contributed by atoms with Gasteiger partial charge < -0.3 is 0 Å². The molecule has 2 rings (SSSR count). The van der Waals surface area contributed by atoms with Gasteiger partial charge in [-0.2, -0.15) is 13.9 Å². The van der Waals surface area contributed by atoms with E-state index in [9.17, 15) is 8.78 Å². The number of rotatable bonds is 2. The van der Waals surface area contributed by atoms with Crippen LogP contribution in [0.3, 0.4) is 0 Å². The van der Waals surface area contributed by atoms with Gasteiger partial charge in [-0.3, -0.25) is 0 Å². The summed E-state index contributed by atoms with van der Waals surface area (Å²) in [7, 11) is 0.